The summed E-state index contributed by atoms with van der Waals surface area (Å²) >= 11 is 0. The molecule has 2 aliphatic heterocycles. The average Bonchev–Trinajstić information content (AvgIpc) is 2.68. The molecule has 2 heterocycles. The Bertz CT molecular complexity index is 842. The predicted octanol–water partition coefficient (Wildman–Crippen LogP) is 7.31. The molecular weight excluding hydrogens is 512 g/mol. The lowest BCUT2D eigenvalue weighted by Gasteiger charge is -2.41. The minimum atomic E-state index is -5.94. The molecule has 2 saturated heterocycles. The van der Waals surface area contributed by atoms with Crippen LogP contribution in [0.3, 0.4) is 0 Å². The van der Waals surface area contributed by atoms with Crippen LogP contribution in [-0.4, -0.2) is 38.8 Å². The monoisotopic (exact) mass is 538 g/mol. The third-order valence-corrected chi connectivity index (χ3v) is 7.07. The molecule has 0 aromatic heterocycles. The van der Waals surface area contributed by atoms with Crippen molar-refractivity contribution in [1.29, 1.82) is 0 Å². The Kier molecular flexibility index (Phi) is 7.87. The Hall–Kier alpha value is -0.740. The molecule has 1 aromatic rings. The lowest BCUT2D eigenvalue weighted by molar-refractivity contribution is -0.368. The normalized spacial score (nSPS) is 22.6. The summed E-state index contributed by atoms with van der Waals surface area (Å²) in [5.41, 5.74) is -6.91. The van der Waals surface area contributed by atoms with Crippen LogP contribution in [-0.2, 0) is 28.2 Å². The molecule has 0 bridgehead atoms. The van der Waals surface area contributed by atoms with Crippen molar-refractivity contribution < 1.29 is 53.5 Å². The van der Waals surface area contributed by atoms with Gasteiger partial charge in [-0.25, -0.2) is 0 Å². The van der Waals surface area contributed by atoms with Gasteiger partial charge in [0.25, 0.3) is 5.60 Å². The molecule has 0 amide bonds. The van der Waals surface area contributed by atoms with Crippen LogP contribution in [0.25, 0.3) is 0 Å². The molecule has 0 unspecified atom stereocenters. The van der Waals surface area contributed by atoms with E-state index in [0.717, 1.165) is 12.1 Å². The molecule has 2 aliphatic rings. The van der Waals surface area contributed by atoms with E-state index >= 15 is 0 Å². The van der Waals surface area contributed by atoms with Crippen LogP contribution >= 0.6 is 17.2 Å². The summed E-state index contributed by atoms with van der Waals surface area (Å²) in [4.78, 5) is 0. The number of halogens is 6. The van der Waals surface area contributed by atoms with Gasteiger partial charge in [-0.05, 0) is 19.1 Å². The highest BCUT2D eigenvalue weighted by Crippen LogP contribution is 2.63. The first-order valence-electron chi connectivity index (χ1n) is 10.2. The van der Waals surface area contributed by atoms with Gasteiger partial charge in [-0.2, -0.15) is 26.3 Å². The highest BCUT2D eigenvalue weighted by atomic mass is 31.2. The fraction of sp³-hybridized carbons (Fsp3) is 0.700. The Labute approximate surface area is 196 Å². The van der Waals surface area contributed by atoms with Gasteiger partial charge in [-0.3, -0.25) is 4.52 Å². The topological polar surface area (TPSA) is 55.4 Å². The molecule has 0 atom stereocenters. The Morgan fingerprint density at radius 2 is 1.21 bits per heavy atom. The molecule has 1 aromatic carbocycles. The molecule has 194 valence electrons. The van der Waals surface area contributed by atoms with Gasteiger partial charge in [0, 0.05) is 16.4 Å². The highest BCUT2D eigenvalue weighted by molar-refractivity contribution is 7.42. The van der Waals surface area contributed by atoms with Gasteiger partial charge in [-0.1, -0.05) is 39.3 Å². The Morgan fingerprint density at radius 3 is 1.65 bits per heavy atom. The summed E-state index contributed by atoms with van der Waals surface area (Å²) in [5.74, 6) is -0.724. The molecule has 2 fully saturated rings. The molecule has 14 heteroatoms. The zero-order chi connectivity index (χ0) is 25.6. The van der Waals surface area contributed by atoms with Gasteiger partial charge in [0.1, 0.15) is 5.75 Å². The van der Waals surface area contributed by atoms with Crippen LogP contribution in [0.15, 0.2) is 18.2 Å². The van der Waals surface area contributed by atoms with Crippen molar-refractivity contribution in [2.45, 2.75) is 52.6 Å². The van der Waals surface area contributed by atoms with Crippen molar-refractivity contribution in [2.75, 3.05) is 26.4 Å². The minimum absolute atomic E-state index is 0.127. The van der Waals surface area contributed by atoms with Crippen LogP contribution in [0.5, 0.6) is 5.75 Å². The van der Waals surface area contributed by atoms with Crippen molar-refractivity contribution >= 4 is 17.2 Å². The van der Waals surface area contributed by atoms with E-state index in [4.69, 9.17) is 27.1 Å². The van der Waals surface area contributed by atoms with Gasteiger partial charge >= 0.3 is 29.6 Å². The molecule has 0 N–H and O–H groups in total. The van der Waals surface area contributed by atoms with E-state index < -0.39 is 51.9 Å². The molecule has 0 saturated carbocycles. The zero-order valence-electron chi connectivity index (χ0n) is 19.2. The fourth-order valence-electron chi connectivity index (χ4n) is 2.98. The number of hydrogen-bond donors (Lipinski definition) is 0. The van der Waals surface area contributed by atoms with Crippen LogP contribution in [0.1, 0.15) is 38.8 Å². The van der Waals surface area contributed by atoms with Crippen LogP contribution < -0.4 is 4.52 Å². The largest absolute Gasteiger partial charge is 0.431 e. The van der Waals surface area contributed by atoms with E-state index in [0.29, 0.717) is 0 Å². The number of benzene rings is 1. The fourth-order valence-corrected chi connectivity index (χ4v) is 6.01. The predicted molar refractivity (Wildman–Crippen MR) is 112 cm³/mol. The number of aryl methyl sites for hydroxylation is 1. The van der Waals surface area contributed by atoms with Gasteiger partial charge in [0.15, 0.2) is 0 Å². The maximum Gasteiger partial charge on any atom is 0.431 e. The lowest BCUT2D eigenvalue weighted by Crippen LogP contribution is -2.55. The first-order valence-corrected chi connectivity index (χ1v) is 12.4. The van der Waals surface area contributed by atoms with Crippen molar-refractivity contribution in [1.82, 2.24) is 0 Å². The van der Waals surface area contributed by atoms with E-state index in [9.17, 15) is 26.3 Å². The summed E-state index contributed by atoms with van der Waals surface area (Å²) < 4.78 is 118. The first-order chi connectivity index (χ1) is 15.5. The van der Waals surface area contributed by atoms with Crippen LogP contribution in [0.2, 0.25) is 0 Å². The maximum absolute atomic E-state index is 14.4. The Balaban J connectivity index is 2.04. The third-order valence-electron chi connectivity index (χ3n) is 4.94. The van der Waals surface area contributed by atoms with E-state index in [2.05, 4.69) is 0 Å². The van der Waals surface area contributed by atoms with E-state index in [1.165, 1.54) is 13.0 Å². The summed E-state index contributed by atoms with van der Waals surface area (Å²) in [6, 6.07) is 3.05. The zero-order valence-corrected chi connectivity index (χ0v) is 21.0. The van der Waals surface area contributed by atoms with Crippen molar-refractivity contribution in [3.63, 3.8) is 0 Å². The number of rotatable bonds is 5. The van der Waals surface area contributed by atoms with Crippen molar-refractivity contribution in [3.8, 4) is 5.75 Å². The lowest BCUT2D eigenvalue weighted by atomic mass is 9.90. The number of alkyl halides is 6. The molecule has 34 heavy (non-hydrogen) atoms. The standard InChI is InChI=1S/C20H26F6O6P2/c1-13-6-7-15(31-33-27-9-16(2,3)10-28-33)14(8-13)18(19(21,22)23,20(24,25)26)32-34-29-11-17(4,5)12-30-34/h6-8H,9-12H2,1-5H3. The second-order valence-electron chi connectivity index (χ2n) is 9.73. The molecular formula is C20H26F6O6P2. The summed E-state index contributed by atoms with van der Waals surface area (Å²) in [7, 11) is -5.21. The molecule has 0 radical (unpaired) electrons. The van der Waals surface area contributed by atoms with Crippen LogP contribution in [0.4, 0.5) is 26.3 Å². The van der Waals surface area contributed by atoms with Gasteiger partial charge < -0.3 is 22.6 Å². The molecule has 6 nitrogen and oxygen atoms in total. The molecule has 3 rings (SSSR count). The van der Waals surface area contributed by atoms with Crippen molar-refractivity contribution in [3.05, 3.63) is 29.3 Å². The minimum Gasteiger partial charge on any atom is -0.426 e. The number of hydrogen-bond acceptors (Lipinski definition) is 6. The summed E-state index contributed by atoms with van der Waals surface area (Å²) in [5, 5.41) is 0. The molecule has 0 spiro atoms. The third kappa shape index (κ3) is 5.97. The molecule has 0 aliphatic carbocycles. The van der Waals surface area contributed by atoms with Gasteiger partial charge in [0.05, 0.1) is 26.4 Å². The quantitative estimate of drug-likeness (QED) is 0.290. The maximum atomic E-state index is 14.4. The van der Waals surface area contributed by atoms with Crippen LogP contribution in [0, 0.1) is 17.8 Å². The van der Waals surface area contributed by atoms with E-state index in [1.54, 1.807) is 13.8 Å². The Morgan fingerprint density at radius 1 is 0.765 bits per heavy atom. The van der Waals surface area contributed by atoms with Gasteiger partial charge in [0.2, 0.25) is 0 Å². The first kappa shape index (κ1) is 27.8. The second-order valence-corrected chi connectivity index (χ2v) is 12.0. The second kappa shape index (κ2) is 9.61. The smallest absolute Gasteiger partial charge is 0.426 e. The summed E-state index contributed by atoms with van der Waals surface area (Å²) in [6.45, 7) is 8.45. The SMILES string of the molecule is Cc1ccc(OP2OCC(C)(C)CO2)c(C(OP2OCC(C)(C)CO2)(C(F)(F)F)C(F)(F)F)c1. The average molecular weight is 538 g/mol. The van der Waals surface area contributed by atoms with Crippen molar-refractivity contribution in [2.24, 2.45) is 10.8 Å². The highest BCUT2D eigenvalue weighted by Gasteiger charge is 2.76. The van der Waals surface area contributed by atoms with E-state index in [1.807, 2.05) is 13.8 Å². The van der Waals surface area contributed by atoms with Gasteiger partial charge in [-0.15, -0.1) is 0 Å². The summed E-state index contributed by atoms with van der Waals surface area (Å²) in [6.07, 6.45) is -11.9. The van der Waals surface area contributed by atoms with E-state index in [-0.39, 0.29) is 37.4 Å².